The number of aromatic nitrogens is 2. The molecule has 1 unspecified atom stereocenters. The molecule has 1 heterocycles. The molecule has 0 saturated heterocycles. The Bertz CT molecular complexity index is 511. The largest absolute Gasteiger partial charge is 0.494 e. The first-order valence-corrected chi connectivity index (χ1v) is 7.32. The fourth-order valence-electron chi connectivity index (χ4n) is 1.78. The molecule has 2 aromatic rings. The van der Waals surface area contributed by atoms with Crippen molar-refractivity contribution in [2.75, 3.05) is 26.3 Å². The predicted octanol–water partition coefficient (Wildman–Crippen LogP) is 1.27. The third-order valence-corrected chi connectivity index (χ3v) is 2.86. The number of ether oxygens (including phenoxy) is 2. The van der Waals surface area contributed by atoms with Crippen molar-refractivity contribution in [2.24, 2.45) is 0 Å². The van der Waals surface area contributed by atoms with Crippen LogP contribution in [0.2, 0.25) is 0 Å². The van der Waals surface area contributed by atoms with Gasteiger partial charge < -0.3 is 19.9 Å². The quantitative estimate of drug-likeness (QED) is 0.644. The second-order valence-electron chi connectivity index (χ2n) is 4.75. The smallest absolute Gasteiger partial charge is 0.233 e. The molecular formula is C16H21N3O3. The van der Waals surface area contributed by atoms with E-state index in [9.17, 15) is 5.11 Å². The Morgan fingerprint density at radius 2 is 1.95 bits per heavy atom. The van der Waals surface area contributed by atoms with Crippen LogP contribution in [0.5, 0.6) is 11.6 Å². The summed E-state index contributed by atoms with van der Waals surface area (Å²) >= 11 is 0. The molecule has 1 atom stereocenters. The maximum Gasteiger partial charge on any atom is 0.233 e. The first kappa shape index (κ1) is 16.2. The number of nitrogens with one attached hydrogen (secondary N) is 1. The van der Waals surface area contributed by atoms with Gasteiger partial charge in [-0.3, -0.25) is 0 Å². The lowest BCUT2D eigenvalue weighted by atomic mass is 10.3. The number of benzene rings is 1. The fraction of sp³-hybridized carbons (Fsp3) is 0.375. The van der Waals surface area contributed by atoms with Crippen molar-refractivity contribution in [3.63, 3.8) is 0 Å². The van der Waals surface area contributed by atoms with Crippen LogP contribution in [0, 0.1) is 0 Å². The Kier molecular flexibility index (Phi) is 7.14. The van der Waals surface area contributed by atoms with Crippen molar-refractivity contribution in [3.8, 4) is 11.6 Å². The van der Waals surface area contributed by atoms with E-state index in [2.05, 4.69) is 15.5 Å². The summed E-state index contributed by atoms with van der Waals surface area (Å²) in [6.45, 7) is 2.07. The zero-order valence-corrected chi connectivity index (χ0v) is 12.4. The first-order valence-electron chi connectivity index (χ1n) is 7.32. The van der Waals surface area contributed by atoms with Gasteiger partial charge in [0.05, 0.1) is 6.61 Å². The van der Waals surface area contributed by atoms with E-state index in [1.54, 1.807) is 18.3 Å². The van der Waals surface area contributed by atoms with Crippen LogP contribution in [0.15, 0.2) is 48.7 Å². The lowest BCUT2D eigenvalue weighted by molar-refractivity contribution is 0.103. The predicted molar refractivity (Wildman–Crippen MR) is 83.0 cm³/mol. The zero-order chi connectivity index (χ0) is 15.5. The van der Waals surface area contributed by atoms with Crippen molar-refractivity contribution >= 4 is 0 Å². The summed E-state index contributed by atoms with van der Waals surface area (Å²) < 4.78 is 10.9. The fourth-order valence-corrected chi connectivity index (χ4v) is 1.78. The molecule has 0 bridgehead atoms. The van der Waals surface area contributed by atoms with Gasteiger partial charge in [0.25, 0.3) is 0 Å². The van der Waals surface area contributed by atoms with Gasteiger partial charge >= 0.3 is 0 Å². The molecule has 6 heteroatoms. The lowest BCUT2D eigenvalue weighted by Crippen LogP contribution is -2.32. The number of hydrogen-bond donors (Lipinski definition) is 2. The van der Waals surface area contributed by atoms with Crippen LogP contribution in [0.3, 0.4) is 0 Å². The number of hydrogen-bond acceptors (Lipinski definition) is 6. The van der Waals surface area contributed by atoms with Gasteiger partial charge in [-0.15, -0.1) is 5.10 Å². The summed E-state index contributed by atoms with van der Waals surface area (Å²) in [6, 6.07) is 13.1. The highest BCUT2D eigenvalue weighted by Gasteiger charge is 2.05. The van der Waals surface area contributed by atoms with Crippen molar-refractivity contribution in [1.29, 1.82) is 0 Å². The molecule has 118 valence electrons. The standard InChI is InChI=1S/C16H21N3O3/c20-14(13-22-16-8-4-10-18-19-16)12-17-9-5-11-21-15-6-2-1-3-7-15/h1-4,6-8,10,14,17,20H,5,9,11-13H2. The molecule has 1 aromatic heterocycles. The van der Waals surface area contributed by atoms with Gasteiger partial charge in [0.2, 0.25) is 5.88 Å². The number of aliphatic hydroxyl groups excluding tert-OH is 1. The minimum atomic E-state index is -0.586. The van der Waals surface area contributed by atoms with E-state index < -0.39 is 6.10 Å². The van der Waals surface area contributed by atoms with Crippen molar-refractivity contribution < 1.29 is 14.6 Å². The van der Waals surface area contributed by atoms with Gasteiger partial charge in [0, 0.05) is 18.8 Å². The molecule has 0 aliphatic heterocycles. The molecule has 0 aliphatic rings. The van der Waals surface area contributed by atoms with Crippen molar-refractivity contribution in [1.82, 2.24) is 15.5 Å². The van der Waals surface area contributed by atoms with E-state index in [4.69, 9.17) is 9.47 Å². The Hall–Kier alpha value is -2.18. The van der Waals surface area contributed by atoms with Crippen molar-refractivity contribution in [2.45, 2.75) is 12.5 Å². The number of para-hydroxylation sites is 1. The molecular weight excluding hydrogens is 282 g/mol. The van der Waals surface area contributed by atoms with Crippen LogP contribution in [0.25, 0.3) is 0 Å². The van der Waals surface area contributed by atoms with Gasteiger partial charge in [-0.05, 0) is 31.2 Å². The Morgan fingerprint density at radius 3 is 2.73 bits per heavy atom. The Labute approximate surface area is 130 Å². The van der Waals surface area contributed by atoms with Gasteiger partial charge in [0.1, 0.15) is 18.5 Å². The molecule has 1 aromatic carbocycles. The molecule has 0 amide bonds. The summed E-state index contributed by atoms with van der Waals surface area (Å²) in [5.74, 6) is 1.29. The highest BCUT2D eigenvalue weighted by molar-refractivity contribution is 5.20. The summed E-state index contributed by atoms with van der Waals surface area (Å²) in [4.78, 5) is 0. The minimum absolute atomic E-state index is 0.187. The average molecular weight is 303 g/mol. The van der Waals surface area contributed by atoms with Gasteiger partial charge in [0.15, 0.2) is 0 Å². The maximum atomic E-state index is 9.78. The summed E-state index contributed by atoms with van der Waals surface area (Å²) in [5.41, 5.74) is 0. The normalized spacial score (nSPS) is 11.9. The van der Waals surface area contributed by atoms with E-state index in [0.717, 1.165) is 18.7 Å². The third kappa shape index (κ3) is 6.51. The Balaban J connectivity index is 1.48. The topological polar surface area (TPSA) is 76.5 Å². The van der Waals surface area contributed by atoms with Crippen LogP contribution >= 0.6 is 0 Å². The van der Waals surface area contributed by atoms with Crippen LogP contribution in [-0.4, -0.2) is 47.7 Å². The molecule has 0 spiro atoms. The number of aliphatic hydroxyl groups is 1. The summed E-state index contributed by atoms with van der Waals surface area (Å²) in [7, 11) is 0. The number of nitrogens with zero attached hydrogens (tertiary/aromatic N) is 2. The highest BCUT2D eigenvalue weighted by atomic mass is 16.5. The van der Waals surface area contributed by atoms with Gasteiger partial charge in [-0.2, -0.15) is 5.10 Å². The molecule has 6 nitrogen and oxygen atoms in total. The first-order chi connectivity index (χ1) is 10.8. The van der Waals surface area contributed by atoms with Gasteiger partial charge in [-0.25, -0.2) is 0 Å². The summed E-state index contributed by atoms with van der Waals surface area (Å²) in [6.07, 6.45) is 1.85. The van der Waals surface area contributed by atoms with E-state index >= 15 is 0 Å². The highest BCUT2D eigenvalue weighted by Crippen LogP contribution is 2.08. The molecule has 2 rings (SSSR count). The molecule has 22 heavy (non-hydrogen) atoms. The molecule has 0 saturated carbocycles. The van der Waals surface area contributed by atoms with E-state index in [-0.39, 0.29) is 6.61 Å². The average Bonchev–Trinajstić information content (AvgIpc) is 2.58. The van der Waals surface area contributed by atoms with Crippen LogP contribution in [0.1, 0.15) is 6.42 Å². The van der Waals surface area contributed by atoms with E-state index in [1.165, 1.54) is 0 Å². The summed E-state index contributed by atoms with van der Waals surface area (Å²) in [5, 5.41) is 20.4. The second kappa shape index (κ2) is 9.70. The van der Waals surface area contributed by atoms with Crippen LogP contribution in [-0.2, 0) is 0 Å². The third-order valence-electron chi connectivity index (χ3n) is 2.86. The molecule has 0 radical (unpaired) electrons. The lowest BCUT2D eigenvalue weighted by Gasteiger charge is -2.12. The van der Waals surface area contributed by atoms with Crippen LogP contribution in [0.4, 0.5) is 0 Å². The number of rotatable bonds is 10. The second-order valence-corrected chi connectivity index (χ2v) is 4.75. The molecule has 0 fully saturated rings. The van der Waals surface area contributed by atoms with Crippen molar-refractivity contribution in [3.05, 3.63) is 48.7 Å². The van der Waals surface area contributed by atoms with E-state index in [0.29, 0.717) is 19.0 Å². The molecule has 0 aliphatic carbocycles. The SMILES string of the molecule is OC(CNCCCOc1ccccc1)COc1cccnn1. The van der Waals surface area contributed by atoms with Crippen LogP contribution < -0.4 is 14.8 Å². The van der Waals surface area contributed by atoms with E-state index in [1.807, 2.05) is 30.3 Å². The zero-order valence-electron chi connectivity index (χ0n) is 12.4. The monoisotopic (exact) mass is 303 g/mol. The minimum Gasteiger partial charge on any atom is -0.494 e. The molecule has 2 N–H and O–H groups in total. The maximum absolute atomic E-state index is 9.78. The van der Waals surface area contributed by atoms with Gasteiger partial charge in [-0.1, -0.05) is 18.2 Å². The Morgan fingerprint density at radius 1 is 1.09 bits per heavy atom.